The molecule has 34 heavy (non-hydrogen) atoms. The summed E-state index contributed by atoms with van der Waals surface area (Å²) in [7, 11) is -3.76. The van der Waals surface area contributed by atoms with Gasteiger partial charge in [0.2, 0.25) is 15.9 Å². The fourth-order valence-electron chi connectivity index (χ4n) is 4.03. The Bertz CT molecular complexity index is 1230. The highest BCUT2D eigenvalue weighted by Crippen LogP contribution is 2.29. The van der Waals surface area contributed by atoms with Crippen LogP contribution < -0.4 is 10.6 Å². The van der Waals surface area contributed by atoms with Crippen molar-refractivity contribution in [3.63, 3.8) is 0 Å². The number of carbonyl (C=O) groups excluding carboxylic acids is 3. The van der Waals surface area contributed by atoms with E-state index in [-0.39, 0.29) is 23.7 Å². The van der Waals surface area contributed by atoms with Gasteiger partial charge in [-0.1, -0.05) is 36.4 Å². The molecule has 11 heteroatoms. The summed E-state index contributed by atoms with van der Waals surface area (Å²) in [6.45, 7) is 3.91. The summed E-state index contributed by atoms with van der Waals surface area (Å²) in [5, 5.41) is 5.25. The molecule has 2 aliphatic heterocycles. The topological polar surface area (TPSA) is 125 Å². The Kier molecular flexibility index (Phi) is 6.43. The smallest absolute Gasteiger partial charge is 0.325 e. The first-order valence-electron chi connectivity index (χ1n) is 10.8. The van der Waals surface area contributed by atoms with Crippen molar-refractivity contribution < 1.29 is 27.5 Å². The van der Waals surface area contributed by atoms with Crippen molar-refractivity contribution in [2.45, 2.75) is 24.3 Å². The van der Waals surface area contributed by atoms with E-state index >= 15 is 0 Å². The van der Waals surface area contributed by atoms with Crippen molar-refractivity contribution in [1.29, 1.82) is 0 Å². The monoisotopic (exact) mass is 486 g/mol. The number of amides is 4. The number of hydrogen-bond donors (Lipinski definition) is 2. The molecule has 2 heterocycles. The fraction of sp³-hybridized carbons (Fsp3) is 0.348. The number of ether oxygens (including phenoxy) is 1. The summed E-state index contributed by atoms with van der Waals surface area (Å²) in [4.78, 5) is 39.1. The highest BCUT2D eigenvalue weighted by atomic mass is 32.2. The van der Waals surface area contributed by atoms with E-state index in [2.05, 4.69) is 10.6 Å². The van der Waals surface area contributed by atoms with Gasteiger partial charge < -0.3 is 15.4 Å². The number of nitrogens with one attached hydrogen (secondary N) is 2. The van der Waals surface area contributed by atoms with Gasteiger partial charge in [0.15, 0.2) is 0 Å². The first-order chi connectivity index (χ1) is 16.1. The molecule has 2 aromatic rings. The highest BCUT2D eigenvalue weighted by Gasteiger charge is 2.49. The van der Waals surface area contributed by atoms with Gasteiger partial charge in [0.05, 0.1) is 18.1 Å². The molecule has 2 aliphatic rings. The number of imide groups is 1. The molecule has 2 fully saturated rings. The number of morpholine rings is 1. The van der Waals surface area contributed by atoms with Crippen LogP contribution in [0.4, 0.5) is 10.5 Å². The molecule has 180 valence electrons. The summed E-state index contributed by atoms with van der Waals surface area (Å²) in [6.07, 6.45) is 0. The van der Waals surface area contributed by atoms with Crippen LogP contribution in [0.15, 0.2) is 53.4 Å². The number of urea groups is 1. The molecule has 10 nitrogen and oxygen atoms in total. The maximum atomic E-state index is 13.1. The van der Waals surface area contributed by atoms with Gasteiger partial charge >= 0.3 is 6.03 Å². The zero-order valence-corrected chi connectivity index (χ0v) is 19.7. The number of aryl methyl sites for hydroxylation is 1. The quantitative estimate of drug-likeness (QED) is 0.595. The van der Waals surface area contributed by atoms with Gasteiger partial charge in [-0.25, -0.2) is 13.2 Å². The molecule has 0 aromatic heterocycles. The summed E-state index contributed by atoms with van der Waals surface area (Å²) in [5.41, 5.74) is 0.118. The van der Waals surface area contributed by atoms with Crippen molar-refractivity contribution in [1.82, 2.24) is 14.5 Å². The Balaban J connectivity index is 1.49. The first kappa shape index (κ1) is 23.9. The normalized spacial score (nSPS) is 21.4. The average Bonchev–Trinajstić information content (AvgIpc) is 3.05. The summed E-state index contributed by atoms with van der Waals surface area (Å²) >= 11 is 0. The minimum atomic E-state index is -3.76. The Hall–Kier alpha value is -3.28. The number of rotatable bonds is 6. The van der Waals surface area contributed by atoms with Crippen molar-refractivity contribution >= 4 is 33.6 Å². The van der Waals surface area contributed by atoms with E-state index in [1.54, 1.807) is 56.3 Å². The molecule has 0 radical (unpaired) electrons. The third kappa shape index (κ3) is 4.41. The first-order valence-corrected chi connectivity index (χ1v) is 12.2. The van der Waals surface area contributed by atoms with E-state index in [1.165, 1.54) is 10.4 Å². The maximum Gasteiger partial charge on any atom is 0.325 e. The van der Waals surface area contributed by atoms with Crippen molar-refractivity contribution in [3.8, 4) is 0 Å². The number of nitrogens with zero attached hydrogens (tertiary/aromatic N) is 2. The van der Waals surface area contributed by atoms with Gasteiger partial charge in [-0.05, 0) is 37.1 Å². The molecule has 4 amide bonds. The van der Waals surface area contributed by atoms with E-state index in [9.17, 15) is 22.8 Å². The second-order valence-electron chi connectivity index (χ2n) is 8.36. The van der Waals surface area contributed by atoms with Crippen LogP contribution in [0, 0.1) is 6.92 Å². The van der Waals surface area contributed by atoms with E-state index in [0.29, 0.717) is 24.3 Å². The third-order valence-corrected chi connectivity index (χ3v) is 8.03. The highest BCUT2D eigenvalue weighted by molar-refractivity contribution is 7.89. The predicted octanol–water partition coefficient (Wildman–Crippen LogP) is 1.42. The molecule has 0 spiro atoms. The number of carbonyl (C=O) groups is 3. The van der Waals surface area contributed by atoms with E-state index in [4.69, 9.17) is 4.74 Å². The summed E-state index contributed by atoms with van der Waals surface area (Å²) < 4.78 is 32.7. The van der Waals surface area contributed by atoms with E-state index in [0.717, 1.165) is 4.90 Å². The van der Waals surface area contributed by atoms with Crippen LogP contribution in [-0.2, 0) is 29.9 Å². The molecular weight excluding hydrogens is 460 g/mol. The predicted molar refractivity (Wildman–Crippen MR) is 123 cm³/mol. The van der Waals surface area contributed by atoms with Crippen LogP contribution in [0.5, 0.6) is 0 Å². The Morgan fingerprint density at radius 2 is 1.79 bits per heavy atom. The van der Waals surface area contributed by atoms with E-state index < -0.39 is 40.0 Å². The van der Waals surface area contributed by atoms with Gasteiger partial charge in [-0.3, -0.25) is 14.5 Å². The molecule has 2 saturated heterocycles. The van der Waals surface area contributed by atoms with Gasteiger partial charge in [0.1, 0.15) is 12.1 Å². The molecular formula is C23H26N4O6S. The van der Waals surface area contributed by atoms with Crippen LogP contribution in [0.2, 0.25) is 0 Å². The molecule has 0 aliphatic carbocycles. The van der Waals surface area contributed by atoms with Crippen LogP contribution in [0.3, 0.4) is 0 Å². The van der Waals surface area contributed by atoms with Crippen LogP contribution in [0.1, 0.15) is 18.1 Å². The summed E-state index contributed by atoms with van der Waals surface area (Å²) in [5.74, 6) is -1.17. The van der Waals surface area contributed by atoms with Gasteiger partial charge in [-0.15, -0.1) is 0 Å². The average molecular weight is 487 g/mol. The summed E-state index contributed by atoms with van der Waals surface area (Å²) in [6, 6.07) is 12.7. The number of sulfonamides is 1. The molecule has 4 rings (SSSR count). The minimum Gasteiger partial charge on any atom is -0.379 e. The Labute approximate surface area is 197 Å². The number of anilines is 1. The van der Waals surface area contributed by atoms with Crippen molar-refractivity contribution in [2.75, 3.05) is 38.2 Å². The molecule has 0 bridgehead atoms. The molecule has 2 aromatic carbocycles. The lowest BCUT2D eigenvalue weighted by Gasteiger charge is -2.27. The third-order valence-electron chi connectivity index (χ3n) is 5.99. The molecule has 0 saturated carbocycles. The zero-order valence-electron chi connectivity index (χ0n) is 18.9. The lowest BCUT2D eigenvalue weighted by atomic mass is 9.92. The lowest BCUT2D eigenvalue weighted by Crippen LogP contribution is -2.42. The second-order valence-corrected chi connectivity index (χ2v) is 10.3. The van der Waals surface area contributed by atoms with Crippen molar-refractivity contribution in [2.24, 2.45) is 0 Å². The largest absolute Gasteiger partial charge is 0.379 e. The Morgan fingerprint density at radius 3 is 2.47 bits per heavy atom. The SMILES string of the molecule is Cc1ccc(NC(=O)CN2C(=O)NC(C)(c3ccccc3)C2=O)cc1S(=O)(=O)N1CCOCC1. The zero-order chi connectivity index (χ0) is 24.5. The van der Waals surface area contributed by atoms with Crippen LogP contribution in [-0.4, -0.2) is 68.3 Å². The molecule has 1 unspecified atom stereocenters. The standard InChI is InChI=1S/C23H26N4O6S/c1-16-8-9-18(14-19(16)34(31,32)26-10-12-33-13-11-26)24-20(28)15-27-21(29)23(2,25-22(27)30)17-6-4-3-5-7-17/h3-9,14H,10-13,15H2,1-2H3,(H,24,28)(H,25,30). The lowest BCUT2D eigenvalue weighted by molar-refractivity contribution is -0.133. The van der Waals surface area contributed by atoms with Crippen LogP contribution >= 0.6 is 0 Å². The minimum absolute atomic E-state index is 0.0823. The van der Waals surface area contributed by atoms with Crippen molar-refractivity contribution in [3.05, 3.63) is 59.7 Å². The number of benzene rings is 2. The van der Waals surface area contributed by atoms with Gasteiger partial charge in [-0.2, -0.15) is 4.31 Å². The van der Waals surface area contributed by atoms with Gasteiger partial charge in [0.25, 0.3) is 5.91 Å². The number of hydrogen-bond acceptors (Lipinski definition) is 6. The molecule has 1 atom stereocenters. The van der Waals surface area contributed by atoms with Gasteiger partial charge in [0, 0.05) is 18.8 Å². The molecule has 2 N–H and O–H groups in total. The second kappa shape index (κ2) is 9.16. The van der Waals surface area contributed by atoms with Crippen LogP contribution in [0.25, 0.3) is 0 Å². The Morgan fingerprint density at radius 1 is 1.12 bits per heavy atom. The maximum absolute atomic E-state index is 13.1. The van der Waals surface area contributed by atoms with E-state index in [1.807, 2.05) is 0 Å². The fourth-order valence-corrected chi connectivity index (χ4v) is 5.69.